The standard InChI is InChI=1S/C11H11F3N4O/c1-6-4-8(19-17-6)9-7-5-15-2-3-18(7)10(16-9)11(12,13)14/h4,15H,2-3,5H2,1H3. The van der Waals surface area contributed by atoms with E-state index in [-0.39, 0.29) is 18.0 Å². The second-order valence-electron chi connectivity index (χ2n) is 4.39. The minimum atomic E-state index is -4.47. The summed E-state index contributed by atoms with van der Waals surface area (Å²) in [6.45, 7) is 2.77. The van der Waals surface area contributed by atoms with Crippen molar-refractivity contribution in [3.63, 3.8) is 0 Å². The number of nitrogens with zero attached hydrogens (tertiary/aromatic N) is 3. The molecule has 0 unspecified atom stereocenters. The molecule has 1 aliphatic rings. The van der Waals surface area contributed by atoms with Crippen LogP contribution in [0.2, 0.25) is 0 Å². The number of rotatable bonds is 1. The van der Waals surface area contributed by atoms with Gasteiger partial charge in [0.1, 0.15) is 5.69 Å². The summed E-state index contributed by atoms with van der Waals surface area (Å²) >= 11 is 0. The molecule has 0 aliphatic carbocycles. The molecule has 0 fully saturated rings. The van der Waals surface area contributed by atoms with Gasteiger partial charge in [0.2, 0.25) is 5.82 Å². The van der Waals surface area contributed by atoms with Crippen molar-refractivity contribution in [1.82, 2.24) is 20.0 Å². The second kappa shape index (κ2) is 4.09. The van der Waals surface area contributed by atoms with E-state index in [1.165, 1.54) is 4.57 Å². The highest BCUT2D eigenvalue weighted by atomic mass is 19.4. The lowest BCUT2D eigenvalue weighted by atomic mass is 10.2. The van der Waals surface area contributed by atoms with Gasteiger partial charge in [-0.1, -0.05) is 5.16 Å². The Bertz CT molecular complexity index is 614. The number of aromatic nitrogens is 3. The van der Waals surface area contributed by atoms with E-state index in [4.69, 9.17) is 4.52 Å². The SMILES string of the molecule is Cc1cc(-c2nc(C(F)(F)F)n3c2CNCC3)on1. The molecule has 0 spiro atoms. The number of alkyl halides is 3. The van der Waals surface area contributed by atoms with Gasteiger partial charge in [0, 0.05) is 25.7 Å². The van der Waals surface area contributed by atoms with Crippen LogP contribution in [0.5, 0.6) is 0 Å². The van der Waals surface area contributed by atoms with Crippen molar-refractivity contribution in [3.8, 4) is 11.5 Å². The molecule has 0 saturated carbocycles. The molecule has 0 amide bonds. The largest absolute Gasteiger partial charge is 0.449 e. The highest BCUT2D eigenvalue weighted by molar-refractivity contribution is 5.57. The first kappa shape index (κ1) is 12.2. The quantitative estimate of drug-likeness (QED) is 0.862. The Kier molecular flexibility index (Phi) is 2.63. The fourth-order valence-electron chi connectivity index (χ4n) is 2.19. The summed E-state index contributed by atoms with van der Waals surface area (Å²) in [5.74, 6) is -0.617. The van der Waals surface area contributed by atoms with Crippen LogP contribution in [-0.4, -0.2) is 21.3 Å². The van der Waals surface area contributed by atoms with E-state index in [1.54, 1.807) is 13.0 Å². The molecule has 2 aromatic rings. The summed E-state index contributed by atoms with van der Waals surface area (Å²) in [4.78, 5) is 3.71. The molecule has 0 aromatic carbocycles. The zero-order valence-electron chi connectivity index (χ0n) is 10.1. The van der Waals surface area contributed by atoms with E-state index in [0.29, 0.717) is 24.5 Å². The summed E-state index contributed by atoms with van der Waals surface area (Å²) in [5.41, 5.74) is 1.30. The van der Waals surface area contributed by atoms with E-state index < -0.39 is 12.0 Å². The average molecular weight is 272 g/mol. The van der Waals surface area contributed by atoms with E-state index in [2.05, 4.69) is 15.5 Å². The molecule has 5 nitrogen and oxygen atoms in total. The molecular weight excluding hydrogens is 261 g/mol. The van der Waals surface area contributed by atoms with Crippen molar-refractivity contribution in [2.24, 2.45) is 0 Å². The number of fused-ring (bicyclic) bond motifs is 1. The van der Waals surface area contributed by atoms with Crippen molar-refractivity contribution < 1.29 is 17.7 Å². The fraction of sp³-hybridized carbons (Fsp3) is 0.455. The van der Waals surface area contributed by atoms with Crippen LogP contribution in [0, 0.1) is 6.92 Å². The monoisotopic (exact) mass is 272 g/mol. The molecular formula is C11H11F3N4O. The molecule has 0 bridgehead atoms. The van der Waals surface area contributed by atoms with Crippen LogP contribution < -0.4 is 5.32 Å². The Hall–Kier alpha value is -1.83. The molecule has 19 heavy (non-hydrogen) atoms. The summed E-state index contributed by atoms with van der Waals surface area (Å²) in [7, 11) is 0. The summed E-state index contributed by atoms with van der Waals surface area (Å²) in [6.07, 6.45) is -4.47. The lowest BCUT2D eigenvalue weighted by Crippen LogP contribution is -2.30. The highest BCUT2D eigenvalue weighted by Gasteiger charge is 2.40. The minimum absolute atomic E-state index is 0.208. The van der Waals surface area contributed by atoms with Gasteiger partial charge in [-0.05, 0) is 6.92 Å². The van der Waals surface area contributed by atoms with Crippen molar-refractivity contribution in [2.75, 3.05) is 6.54 Å². The Morgan fingerprint density at radius 2 is 2.21 bits per heavy atom. The summed E-state index contributed by atoms with van der Waals surface area (Å²) < 4.78 is 45.1. The number of imidazole rings is 1. The molecule has 0 radical (unpaired) electrons. The molecule has 2 aromatic heterocycles. The van der Waals surface area contributed by atoms with Crippen LogP contribution in [0.1, 0.15) is 17.2 Å². The normalized spacial score (nSPS) is 15.6. The summed E-state index contributed by atoms with van der Waals surface area (Å²) in [6, 6.07) is 1.58. The molecule has 8 heteroatoms. The molecule has 3 rings (SSSR count). The molecule has 0 atom stereocenters. The molecule has 3 heterocycles. The van der Waals surface area contributed by atoms with Gasteiger partial charge < -0.3 is 14.4 Å². The van der Waals surface area contributed by atoms with E-state index in [9.17, 15) is 13.2 Å². The average Bonchev–Trinajstić information content (AvgIpc) is 2.91. The zero-order chi connectivity index (χ0) is 13.6. The Morgan fingerprint density at radius 3 is 2.84 bits per heavy atom. The summed E-state index contributed by atoms with van der Waals surface area (Å²) in [5, 5.41) is 6.72. The maximum atomic E-state index is 13.0. The molecule has 1 aliphatic heterocycles. The number of hydrogen-bond donors (Lipinski definition) is 1. The number of hydrogen-bond acceptors (Lipinski definition) is 4. The van der Waals surface area contributed by atoms with Crippen LogP contribution in [0.15, 0.2) is 10.6 Å². The minimum Gasteiger partial charge on any atom is -0.354 e. The lowest BCUT2D eigenvalue weighted by molar-refractivity contribution is -0.147. The first-order valence-electron chi connectivity index (χ1n) is 5.78. The van der Waals surface area contributed by atoms with E-state index >= 15 is 0 Å². The molecule has 1 N–H and O–H groups in total. The van der Waals surface area contributed by atoms with Crippen LogP contribution in [0.4, 0.5) is 13.2 Å². The van der Waals surface area contributed by atoms with Crippen molar-refractivity contribution in [2.45, 2.75) is 26.2 Å². The van der Waals surface area contributed by atoms with E-state index in [1.807, 2.05) is 0 Å². The van der Waals surface area contributed by atoms with Gasteiger partial charge in [0.05, 0.1) is 11.4 Å². The first-order chi connectivity index (χ1) is 8.97. The van der Waals surface area contributed by atoms with Crippen molar-refractivity contribution in [3.05, 3.63) is 23.3 Å². The Balaban J connectivity index is 2.18. The third kappa shape index (κ3) is 2.01. The topological polar surface area (TPSA) is 55.9 Å². The van der Waals surface area contributed by atoms with Gasteiger partial charge in [0.15, 0.2) is 5.76 Å². The zero-order valence-corrected chi connectivity index (χ0v) is 10.1. The third-order valence-electron chi connectivity index (χ3n) is 2.99. The van der Waals surface area contributed by atoms with E-state index in [0.717, 1.165) is 0 Å². The maximum Gasteiger partial charge on any atom is 0.449 e. The van der Waals surface area contributed by atoms with Crippen LogP contribution in [-0.2, 0) is 19.3 Å². The Morgan fingerprint density at radius 1 is 1.42 bits per heavy atom. The highest BCUT2D eigenvalue weighted by Crippen LogP contribution is 2.34. The van der Waals surface area contributed by atoms with Gasteiger partial charge in [-0.25, -0.2) is 4.98 Å². The van der Waals surface area contributed by atoms with Crippen molar-refractivity contribution >= 4 is 0 Å². The van der Waals surface area contributed by atoms with Gasteiger partial charge in [-0.2, -0.15) is 13.2 Å². The smallest absolute Gasteiger partial charge is 0.354 e. The van der Waals surface area contributed by atoms with Crippen LogP contribution >= 0.6 is 0 Å². The van der Waals surface area contributed by atoms with Crippen LogP contribution in [0.3, 0.4) is 0 Å². The number of nitrogens with one attached hydrogen (secondary N) is 1. The van der Waals surface area contributed by atoms with Gasteiger partial charge >= 0.3 is 6.18 Å². The second-order valence-corrected chi connectivity index (χ2v) is 4.39. The maximum absolute atomic E-state index is 13.0. The predicted octanol–water partition coefficient (Wildman–Crippen LogP) is 1.97. The van der Waals surface area contributed by atoms with Gasteiger partial charge in [-0.15, -0.1) is 0 Å². The van der Waals surface area contributed by atoms with Crippen molar-refractivity contribution in [1.29, 1.82) is 0 Å². The molecule has 102 valence electrons. The predicted molar refractivity (Wildman–Crippen MR) is 59.2 cm³/mol. The van der Waals surface area contributed by atoms with Gasteiger partial charge in [0.25, 0.3) is 0 Å². The molecule has 0 saturated heterocycles. The lowest BCUT2D eigenvalue weighted by Gasteiger charge is -2.18. The van der Waals surface area contributed by atoms with Gasteiger partial charge in [-0.3, -0.25) is 0 Å². The Labute approximate surface area is 106 Å². The number of halogens is 3. The van der Waals surface area contributed by atoms with Crippen LogP contribution in [0.25, 0.3) is 11.5 Å². The number of aryl methyl sites for hydroxylation is 1. The fourth-order valence-corrected chi connectivity index (χ4v) is 2.19. The first-order valence-corrected chi connectivity index (χ1v) is 5.78. The third-order valence-corrected chi connectivity index (χ3v) is 2.99.